The van der Waals surface area contributed by atoms with Crippen molar-refractivity contribution in [3.8, 4) is 11.1 Å². The summed E-state index contributed by atoms with van der Waals surface area (Å²) in [6, 6.07) is 14.0. The van der Waals surface area contributed by atoms with E-state index in [1.807, 2.05) is 30.3 Å². The summed E-state index contributed by atoms with van der Waals surface area (Å²) in [4.78, 5) is 11.3. The molecule has 0 bridgehead atoms. The van der Waals surface area contributed by atoms with Crippen LogP contribution in [0.15, 0.2) is 48.5 Å². The number of thiocarbonyl (C=S) groups is 1. The van der Waals surface area contributed by atoms with E-state index >= 15 is 0 Å². The van der Waals surface area contributed by atoms with Gasteiger partial charge < -0.3 is 10.2 Å². The number of aromatic carboxylic acids is 1. The summed E-state index contributed by atoms with van der Waals surface area (Å²) < 4.78 is 0. The normalized spacial score (nSPS) is 10.0. The van der Waals surface area contributed by atoms with E-state index in [-0.39, 0.29) is 11.1 Å². The molecule has 3 nitrogen and oxygen atoms in total. The van der Waals surface area contributed by atoms with Crippen LogP contribution in [-0.4, -0.2) is 21.2 Å². The van der Waals surface area contributed by atoms with E-state index in [1.54, 1.807) is 12.1 Å². The van der Waals surface area contributed by atoms with Crippen molar-refractivity contribution in [1.29, 1.82) is 0 Å². The van der Waals surface area contributed by atoms with Crippen molar-refractivity contribution in [3.63, 3.8) is 0 Å². The second-order valence-corrected chi connectivity index (χ2v) is 4.09. The molecule has 0 unspecified atom stereocenters. The lowest BCUT2D eigenvalue weighted by Crippen LogP contribution is -2.09. The molecule has 2 rings (SSSR count). The molecule has 4 heteroatoms. The van der Waals surface area contributed by atoms with Gasteiger partial charge in [-0.3, -0.25) is 0 Å². The third-order valence-corrected chi connectivity index (χ3v) is 2.81. The Hall–Kier alpha value is -2.20. The van der Waals surface area contributed by atoms with Crippen LogP contribution in [-0.2, 0) is 0 Å². The van der Waals surface area contributed by atoms with Crippen LogP contribution >= 0.6 is 12.2 Å². The quantitative estimate of drug-likeness (QED) is 0.829. The van der Waals surface area contributed by atoms with Crippen molar-refractivity contribution in [1.82, 2.24) is 0 Å². The lowest BCUT2D eigenvalue weighted by atomic mass is 9.95. The molecule has 2 N–H and O–H groups in total. The van der Waals surface area contributed by atoms with Gasteiger partial charge in [0.2, 0.25) is 0 Å². The van der Waals surface area contributed by atoms with Gasteiger partial charge in [-0.1, -0.05) is 42.5 Å². The van der Waals surface area contributed by atoms with Crippen LogP contribution in [0.3, 0.4) is 0 Å². The molecular formula is C14H10O3S. The number of hydrogen-bond donors (Lipinski definition) is 2. The Morgan fingerprint density at radius 1 is 0.944 bits per heavy atom. The van der Waals surface area contributed by atoms with Crippen LogP contribution in [0.5, 0.6) is 0 Å². The SMILES string of the molecule is O=C(O)c1c(C(O)=S)cccc1-c1ccccc1. The molecule has 2 aromatic rings. The van der Waals surface area contributed by atoms with E-state index in [2.05, 4.69) is 12.2 Å². The number of carboxylic acid groups (broad SMARTS) is 1. The van der Waals surface area contributed by atoms with Crippen LogP contribution in [0.2, 0.25) is 0 Å². The minimum Gasteiger partial charge on any atom is -0.499 e. The molecule has 0 fully saturated rings. The first-order chi connectivity index (χ1) is 8.61. The Morgan fingerprint density at radius 3 is 2.17 bits per heavy atom. The predicted octanol–water partition coefficient (Wildman–Crippen LogP) is 3.29. The number of aliphatic hydroxyl groups is 1. The molecule has 0 saturated carbocycles. The van der Waals surface area contributed by atoms with Gasteiger partial charge in [0.25, 0.3) is 0 Å². The van der Waals surface area contributed by atoms with Crippen molar-refractivity contribution in [2.24, 2.45) is 0 Å². The van der Waals surface area contributed by atoms with Crippen LogP contribution in [0.1, 0.15) is 15.9 Å². The van der Waals surface area contributed by atoms with Gasteiger partial charge in [-0.2, -0.15) is 0 Å². The number of carboxylic acids is 1. The van der Waals surface area contributed by atoms with Crippen LogP contribution < -0.4 is 0 Å². The fourth-order valence-corrected chi connectivity index (χ4v) is 1.99. The van der Waals surface area contributed by atoms with Crippen molar-refractivity contribution in [2.45, 2.75) is 0 Å². The van der Waals surface area contributed by atoms with Gasteiger partial charge in [0.05, 0.1) is 5.56 Å². The third-order valence-electron chi connectivity index (χ3n) is 2.59. The second kappa shape index (κ2) is 4.98. The second-order valence-electron chi connectivity index (χ2n) is 3.70. The molecule has 0 spiro atoms. The van der Waals surface area contributed by atoms with E-state index < -0.39 is 11.0 Å². The molecule has 0 radical (unpaired) electrons. The van der Waals surface area contributed by atoms with Gasteiger partial charge in [0.15, 0.2) is 5.05 Å². The average Bonchev–Trinajstić information content (AvgIpc) is 2.38. The molecule has 0 atom stereocenters. The zero-order valence-electron chi connectivity index (χ0n) is 9.33. The Morgan fingerprint density at radius 2 is 1.61 bits per heavy atom. The van der Waals surface area contributed by atoms with Crippen LogP contribution in [0.4, 0.5) is 0 Å². The number of aliphatic hydroxyl groups excluding tert-OH is 1. The summed E-state index contributed by atoms with van der Waals surface area (Å²) in [5.41, 5.74) is 1.50. The lowest BCUT2D eigenvalue weighted by molar-refractivity contribution is 0.0697. The summed E-state index contributed by atoms with van der Waals surface area (Å²) in [5, 5.41) is 18.3. The minimum atomic E-state index is -1.11. The molecule has 0 aliphatic carbocycles. The maximum absolute atomic E-state index is 11.3. The molecule has 0 heterocycles. The molecule has 18 heavy (non-hydrogen) atoms. The van der Waals surface area contributed by atoms with Gasteiger partial charge in [-0.05, 0) is 29.4 Å². The van der Waals surface area contributed by atoms with Gasteiger partial charge in [-0.25, -0.2) is 4.79 Å². The van der Waals surface area contributed by atoms with E-state index in [0.717, 1.165) is 5.56 Å². The first kappa shape index (κ1) is 12.3. The maximum Gasteiger partial charge on any atom is 0.337 e. The van der Waals surface area contributed by atoms with E-state index in [0.29, 0.717) is 5.56 Å². The zero-order valence-corrected chi connectivity index (χ0v) is 10.1. The fourth-order valence-electron chi connectivity index (χ4n) is 1.82. The van der Waals surface area contributed by atoms with Crippen molar-refractivity contribution in [3.05, 3.63) is 59.7 Å². The maximum atomic E-state index is 11.3. The van der Waals surface area contributed by atoms with Gasteiger partial charge in [-0.15, -0.1) is 0 Å². The standard InChI is InChI=1S/C14H10O3S/c15-13(16)12-10(9-5-2-1-3-6-9)7-4-8-11(12)14(17)18/h1-8H,(H,15,16)(H,17,18). The zero-order chi connectivity index (χ0) is 13.1. The number of rotatable bonds is 3. The highest BCUT2D eigenvalue weighted by Gasteiger charge is 2.18. The molecule has 0 saturated heterocycles. The molecule has 0 aliphatic heterocycles. The molecule has 90 valence electrons. The highest BCUT2D eigenvalue weighted by atomic mass is 32.1. The van der Waals surface area contributed by atoms with Crippen LogP contribution in [0.25, 0.3) is 11.1 Å². The van der Waals surface area contributed by atoms with Gasteiger partial charge >= 0.3 is 5.97 Å². The highest BCUT2D eigenvalue weighted by Crippen LogP contribution is 2.26. The topological polar surface area (TPSA) is 57.5 Å². The first-order valence-corrected chi connectivity index (χ1v) is 5.67. The van der Waals surface area contributed by atoms with Crippen molar-refractivity contribution in [2.75, 3.05) is 0 Å². The van der Waals surface area contributed by atoms with E-state index in [1.165, 1.54) is 6.07 Å². The fraction of sp³-hybridized carbons (Fsp3) is 0. The summed E-state index contributed by atoms with van der Waals surface area (Å²) in [5.74, 6) is -1.11. The van der Waals surface area contributed by atoms with E-state index in [4.69, 9.17) is 0 Å². The highest BCUT2D eigenvalue weighted by molar-refractivity contribution is 7.80. The van der Waals surface area contributed by atoms with E-state index in [9.17, 15) is 15.0 Å². The lowest BCUT2D eigenvalue weighted by Gasteiger charge is -2.10. The minimum absolute atomic E-state index is 0.0243. The summed E-state index contributed by atoms with van der Waals surface area (Å²) in [6.45, 7) is 0. The molecule has 0 amide bonds. The Bertz CT molecular complexity index is 606. The Kier molecular flexibility index (Phi) is 3.39. The van der Waals surface area contributed by atoms with Gasteiger partial charge in [0, 0.05) is 5.56 Å². The summed E-state index contributed by atoms with van der Waals surface area (Å²) >= 11 is 4.67. The first-order valence-electron chi connectivity index (χ1n) is 5.26. The summed E-state index contributed by atoms with van der Waals surface area (Å²) in [7, 11) is 0. The number of benzene rings is 2. The number of hydrogen-bond acceptors (Lipinski definition) is 2. The molecule has 0 aliphatic rings. The smallest absolute Gasteiger partial charge is 0.337 e. The summed E-state index contributed by atoms with van der Waals surface area (Å²) in [6.07, 6.45) is 0. The largest absolute Gasteiger partial charge is 0.499 e. The predicted molar refractivity (Wildman–Crippen MR) is 73.2 cm³/mol. The Balaban J connectivity index is 2.72. The molecule has 2 aromatic carbocycles. The van der Waals surface area contributed by atoms with Crippen molar-refractivity contribution >= 4 is 23.2 Å². The molecular weight excluding hydrogens is 248 g/mol. The number of carbonyl (C=O) groups is 1. The third kappa shape index (κ3) is 2.24. The van der Waals surface area contributed by atoms with Gasteiger partial charge in [0.1, 0.15) is 0 Å². The molecule has 0 aromatic heterocycles. The monoisotopic (exact) mass is 258 g/mol. The Labute approximate surface area is 109 Å². The average molecular weight is 258 g/mol. The van der Waals surface area contributed by atoms with Crippen molar-refractivity contribution < 1.29 is 15.0 Å². The van der Waals surface area contributed by atoms with Crippen LogP contribution in [0, 0.1) is 0 Å².